The van der Waals surface area contributed by atoms with Gasteiger partial charge in [-0.25, -0.2) is 0 Å². The molecule has 0 aromatic heterocycles. The van der Waals surface area contributed by atoms with Crippen LogP contribution in [-0.4, -0.2) is 57.8 Å². The molecule has 6 radical (unpaired) electrons. The lowest BCUT2D eigenvalue weighted by Gasteiger charge is -2.27. The Hall–Kier alpha value is 1.14. The van der Waals surface area contributed by atoms with Gasteiger partial charge in [-0.2, -0.15) is 0 Å². The summed E-state index contributed by atoms with van der Waals surface area (Å²) < 4.78 is 23.1. The van der Waals surface area contributed by atoms with Gasteiger partial charge in [0, 0.05) is 6.61 Å². The lowest BCUT2D eigenvalue weighted by Crippen LogP contribution is -2.51. The summed E-state index contributed by atoms with van der Waals surface area (Å²) in [6.07, 6.45) is 13.4. The van der Waals surface area contributed by atoms with Gasteiger partial charge in [0.25, 0.3) is 0 Å². The van der Waals surface area contributed by atoms with Crippen molar-refractivity contribution < 1.29 is 16.8 Å². The average Bonchev–Trinajstić information content (AvgIpc) is 2.56. The lowest BCUT2D eigenvalue weighted by atomic mass is 10.1. The highest BCUT2D eigenvalue weighted by Gasteiger charge is 2.43. The first-order chi connectivity index (χ1) is 11.7. The van der Waals surface area contributed by atoms with Gasteiger partial charge in [0.05, 0.1) is 0 Å². The van der Waals surface area contributed by atoms with Crippen LogP contribution in [0, 0.1) is 0 Å². The summed E-state index contributed by atoms with van der Waals surface area (Å²) in [5, 5.41) is 0. The van der Waals surface area contributed by atoms with Crippen molar-refractivity contribution in [2.75, 3.05) is 19.4 Å². The Balaban J connectivity index is 3.60. The SMILES string of the molecule is C[Si]O[Si](OCCCCCCCCCCCPC)(O[Si]C)O[Si]C. The number of hydrogen-bond acceptors (Lipinski definition) is 4. The van der Waals surface area contributed by atoms with Crippen molar-refractivity contribution in [3.05, 3.63) is 0 Å². The first-order valence-electron chi connectivity index (χ1n) is 9.07. The van der Waals surface area contributed by atoms with Crippen molar-refractivity contribution >= 4 is 46.9 Å². The Morgan fingerprint density at radius 3 is 1.50 bits per heavy atom. The molecule has 24 heavy (non-hydrogen) atoms. The Labute approximate surface area is 160 Å². The van der Waals surface area contributed by atoms with Crippen molar-refractivity contribution in [1.82, 2.24) is 0 Å². The fourth-order valence-electron chi connectivity index (χ4n) is 2.36. The van der Waals surface area contributed by atoms with Gasteiger partial charge in [-0.05, 0) is 45.3 Å². The highest BCUT2D eigenvalue weighted by molar-refractivity contribution is 7.36. The van der Waals surface area contributed by atoms with Gasteiger partial charge in [-0.3, -0.25) is 0 Å². The molecule has 0 N–H and O–H groups in total. The molecule has 4 nitrogen and oxygen atoms in total. The Bertz CT molecular complexity index is 249. The second-order valence-corrected chi connectivity index (χ2v) is 11.7. The second-order valence-electron chi connectivity index (χ2n) is 5.55. The summed E-state index contributed by atoms with van der Waals surface area (Å²) in [5.41, 5.74) is 0. The summed E-state index contributed by atoms with van der Waals surface area (Å²) in [4.78, 5) is 0. The third kappa shape index (κ3) is 14.3. The highest BCUT2D eigenvalue weighted by atomic mass is 31.1. The summed E-state index contributed by atoms with van der Waals surface area (Å²) in [7, 11) is -0.717. The molecule has 1 atom stereocenters. The van der Waals surface area contributed by atoms with E-state index < -0.39 is 9.05 Å². The molecule has 0 aromatic carbocycles. The van der Waals surface area contributed by atoms with Crippen molar-refractivity contribution in [2.45, 2.75) is 77.4 Å². The maximum atomic E-state index is 5.93. The van der Waals surface area contributed by atoms with Crippen LogP contribution >= 0.6 is 8.58 Å². The minimum atomic E-state index is -2.86. The van der Waals surface area contributed by atoms with Gasteiger partial charge in [-0.15, -0.1) is 8.58 Å². The van der Waals surface area contributed by atoms with Crippen molar-refractivity contribution in [3.63, 3.8) is 0 Å². The third-order valence-corrected chi connectivity index (χ3v) is 10.4. The van der Waals surface area contributed by atoms with Crippen LogP contribution in [0.1, 0.15) is 57.8 Å². The third-order valence-electron chi connectivity index (χ3n) is 3.53. The average molecular weight is 423 g/mol. The van der Waals surface area contributed by atoms with Gasteiger partial charge in [-0.1, -0.05) is 44.9 Å². The van der Waals surface area contributed by atoms with Crippen LogP contribution in [0.3, 0.4) is 0 Å². The Kier molecular flexibility index (Phi) is 19.8. The fraction of sp³-hybridized carbons (Fsp3) is 1.00. The predicted molar refractivity (Wildman–Crippen MR) is 110 cm³/mol. The molecule has 0 bridgehead atoms. The molecule has 0 heterocycles. The monoisotopic (exact) mass is 422 g/mol. The number of unbranched alkanes of at least 4 members (excludes halogenated alkanes) is 8. The van der Waals surface area contributed by atoms with Crippen molar-refractivity contribution in [2.24, 2.45) is 0 Å². The van der Waals surface area contributed by atoms with E-state index >= 15 is 0 Å². The molecule has 0 saturated heterocycles. The zero-order chi connectivity index (χ0) is 17.9. The number of rotatable bonds is 19. The molecule has 140 valence electrons. The van der Waals surface area contributed by atoms with Crippen LogP contribution in [0.25, 0.3) is 0 Å². The van der Waals surface area contributed by atoms with Crippen LogP contribution in [0.5, 0.6) is 0 Å². The van der Waals surface area contributed by atoms with Gasteiger partial charge >= 0.3 is 9.05 Å². The van der Waals surface area contributed by atoms with Crippen LogP contribution in [-0.2, 0) is 16.8 Å². The largest absolute Gasteiger partial charge is 0.647 e. The standard InChI is InChI=1S/C15H35O4PSi4/c1-20-15-13-11-9-7-5-6-8-10-12-14-16-24(17-21-2,18-22-3)19-23-4/h20H,5-15H2,1-4H3. The van der Waals surface area contributed by atoms with Gasteiger partial charge < -0.3 is 16.8 Å². The molecular formula is C15H35O4PSi4. The molecule has 0 aliphatic rings. The summed E-state index contributed by atoms with van der Waals surface area (Å²) in [6.45, 7) is 8.94. The molecule has 0 saturated carbocycles. The molecule has 0 aliphatic heterocycles. The van der Waals surface area contributed by atoms with Crippen molar-refractivity contribution in [1.29, 1.82) is 0 Å². The highest BCUT2D eigenvalue weighted by Crippen LogP contribution is 2.14. The molecule has 0 spiro atoms. The van der Waals surface area contributed by atoms with E-state index in [1.54, 1.807) is 0 Å². The van der Waals surface area contributed by atoms with E-state index in [0.29, 0.717) is 35.9 Å². The molecule has 0 rings (SSSR count). The molecule has 1 unspecified atom stereocenters. The maximum absolute atomic E-state index is 5.93. The minimum absolute atomic E-state index is 0.336. The number of hydrogen-bond donors (Lipinski definition) is 0. The Morgan fingerprint density at radius 1 is 0.667 bits per heavy atom. The van der Waals surface area contributed by atoms with Crippen LogP contribution in [0.2, 0.25) is 19.6 Å². The zero-order valence-electron chi connectivity index (χ0n) is 15.9. The van der Waals surface area contributed by atoms with Gasteiger partial charge in [0.1, 0.15) is 0 Å². The maximum Gasteiger partial charge on any atom is 0.647 e. The molecule has 0 aliphatic carbocycles. The zero-order valence-corrected chi connectivity index (χ0v) is 20.9. The Morgan fingerprint density at radius 2 is 1.08 bits per heavy atom. The molecule has 9 heteroatoms. The van der Waals surface area contributed by atoms with Crippen LogP contribution in [0.15, 0.2) is 0 Å². The lowest BCUT2D eigenvalue weighted by molar-refractivity contribution is 0.0955. The van der Waals surface area contributed by atoms with E-state index in [9.17, 15) is 0 Å². The van der Waals surface area contributed by atoms with E-state index in [1.807, 2.05) is 19.6 Å². The summed E-state index contributed by atoms with van der Waals surface area (Å²) in [5.74, 6) is 0. The summed E-state index contributed by atoms with van der Waals surface area (Å²) >= 11 is 0. The van der Waals surface area contributed by atoms with E-state index in [0.717, 1.165) is 15.0 Å². The first-order valence-corrected chi connectivity index (χ1v) is 16.6. The fourth-order valence-corrected chi connectivity index (χ4v) is 8.69. The van der Waals surface area contributed by atoms with Crippen LogP contribution < -0.4 is 0 Å². The first kappa shape index (κ1) is 25.1. The van der Waals surface area contributed by atoms with E-state index in [1.165, 1.54) is 57.5 Å². The smallest absolute Gasteiger partial charge is 0.395 e. The second kappa shape index (κ2) is 18.9. The molecule has 0 aromatic rings. The topological polar surface area (TPSA) is 36.9 Å². The van der Waals surface area contributed by atoms with E-state index in [2.05, 4.69) is 6.66 Å². The van der Waals surface area contributed by atoms with Gasteiger partial charge in [0.15, 0.2) is 0 Å². The van der Waals surface area contributed by atoms with Crippen molar-refractivity contribution in [3.8, 4) is 0 Å². The quantitative estimate of drug-likeness (QED) is 0.177. The molecular weight excluding hydrogens is 387 g/mol. The molecule has 0 fully saturated rings. The molecule has 0 amide bonds. The summed E-state index contributed by atoms with van der Waals surface area (Å²) in [6, 6.07) is 0. The predicted octanol–water partition coefficient (Wildman–Crippen LogP) is 4.31. The minimum Gasteiger partial charge on any atom is -0.395 e. The van der Waals surface area contributed by atoms with Gasteiger partial charge in [0.2, 0.25) is 29.3 Å². The van der Waals surface area contributed by atoms with E-state index in [4.69, 9.17) is 16.8 Å². The normalized spacial score (nSPS) is 12.5. The van der Waals surface area contributed by atoms with E-state index in [-0.39, 0.29) is 0 Å². The van der Waals surface area contributed by atoms with Crippen LogP contribution in [0.4, 0.5) is 0 Å².